The van der Waals surface area contributed by atoms with E-state index in [1.165, 1.54) is 30.6 Å². The fourth-order valence-corrected chi connectivity index (χ4v) is 3.67. The number of carbonyl (C=O) groups is 1. The highest BCUT2D eigenvalue weighted by Gasteiger charge is 2.17. The minimum Gasteiger partial charge on any atom is -0.494 e. The van der Waals surface area contributed by atoms with Crippen LogP contribution in [-0.2, 0) is 0 Å². The summed E-state index contributed by atoms with van der Waals surface area (Å²) in [6.07, 6.45) is 3.28. The molecule has 0 bridgehead atoms. The average molecular weight is 420 g/mol. The van der Waals surface area contributed by atoms with E-state index in [1.807, 2.05) is 24.4 Å². The van der Waals surface area contributed by atoms with E-state index < -0.39 is 5.82 Å². The van der Waals surface area contributed by atoms with Gasteiger partial charge in [0.15, 0.2) is 16.7 Å². The van der Waals surface area contributed by atoms with Gasteiger partial charge in [-0.2, -0.15) is 0 Å². The number of pyridine rings is 2. The van der Waals surface area contributed by atoms with Gasteiger partial charge in [0.05, 0.1) is 24.1 Å². The molecular weight excluding hydrogens is 403 g/mol. The molecule has 1 aromatic carbocycles. The Morgan fingerprint density at radius 3 is 2.63 bits per heavy atom. The number of amides is 1. The Bertz CT molecular complexity index is 1230. The number of rotatable bonds is 5. The van der Waals surface area contributed by atoms with Crippen molar-refractivity contribution in [2.24, 2.45) is 0 Å². The molecule has 150 valence electrons. The van der Waals surface area contributed by atoms with E-state index in [4.69, 9.17) is 4.74 Å². The molecule has 1 N–H and O–H groups in total. The normalized spacial score (nSPS) is 10.6. The minimum atomic E-state index is -0.483. The zero-order valence-corrected chi connectivity index (χ0v) is 17.0. The van der Waals surface area contributed by atoms with Gasteiger partial charge in [-0.05, 0) is 48.9 Å². The van der Waals surface area contributed by atoms with Crippen LogP contribution < -0.4 is 10.1 Å². The topological polar surface area (TPSA) is 77.0 Å². The summed E-state index contributed by atoms with van der Waals surface area (Å²) in [5, 5.41) is 5.11. The van der Waals surface area contributed by atoms with Gasteiger partial charge in [-0.15, -0.1) is 11.3 Å². The van der Waals surface area contributed by atoms with Crippen LogP contribution in [0.3, 0.4) is 0 Å². The predicted molar refractivity (Wildman–Crippen MR) is 114 cm³/mol. The number of thiazole rings is 1. The molecule has 0 unspecified atom stereocenters. The van der Waals surface area contributed by atoms with Crippen LogP contribution in [0.5, 0.6) is 5.75 Å². The third-order valence-electron chi connectivity index (χ3n) is 4.45. The lowest BCUT2D eigenvalue weighted by atomic mass is 10.0. The zero-order chi connectivity index (χ0) is 21.1. The number of anilines is 1. The smallest absolute Gasteiger partial charge is 0.259 e. The molecule has 0 spiro atoms. The van der Waals surface area contributed by atoms with Crippen LogP contribution in [0.15, 0.2) is 60.2 Å². The summed E-state index contributed by atoms with van der Waals surface area (Å²) in [6.45, 7) is 1.96. The molecule has 4 aromatic rings. The van der Waals surface area contributed by atoms with Gasteiger partial charge in [0.2, 0.25) is 0 Å². The molecule has 1 amide bonds. The molecule has 0 radical (unpaired) electrons. The fraction of sp³-hybridized carbons (Fsp3) is 0.0909. The Hall–Kier alpha value is -3.65. The summed E-state index contributed by atoms with van der Waals surface area (Å²) in [7, 11) is 1.39. The molecule has 0 saturated carbocycles. The number of hydrogen-bond donors (Lipinski definition) is 1. The number of aryl methyl sites for hydroxylation is 1. The minimum absolute atomic E-state index is 0.0832. The quantitative estimate of drug-likeness (QED) is 0.493. The summed E-state index contributed by atoms with van der Waals surface area (Å²) in [5.74, 6) is -0.761. The van der Waals surface area contributed by atoms with Crippen LogP contribution in [0, 0.1) is 12.7 Å². The van der Waals surface area contributed by atoms with E-state index in [2.05, 4.69) is 20.3 Å². The van der Waals surface area contributed by atoms with Crippen molar-refractivity contribution in [2.75, 3.05) is 12.4 Å². The van der Waals surface area contributed by atoms with Gasteiger partial charge in [0, 0.05) is 23.3 Å². The second-order valence-corrected chi connectivity index (χ2v) is 7.27. The maximum absolute atomic E-state index is 13.8. The first-order valence-corrected chi connectivity index (χ1v) is 9.92. The number of nitrogens with one attached hydrogen (secondary N) is 1. The predicted octanol–water partition coefficient (Wildman–Crippen LogP) is 4.98. The van der Waals surface area contributed by atoms with E-state index in [9.17, 15) is 9.18 Å². The largest absolute Gasteiger partial charge is 0.494 e. The van der Waals surface area contributed by atoms with Crippen molar-refractivity contribution in [3.8, 4) is 28.4 Å². The van der Waals surface area contributed by atoms with Crippen molar-refractivity contribution in [1.82, 2.24) is 15.0 Å². The molecule has 0 aliphatic rings. The van der Waals surface area contributed by atoms with Gasteiger partial charge in [-0.3, -0.25) is 20.1 Å². The number of aromatic nitrogens is 3. The highest BCUT2D eigenvalue weighted by molar-refractivity contribution is 7.14. The monoisotopic (exact) mass is 420 g/mol. The third kappa shape index (κ3) is 3.90. The summed E-state index contributed by atoms with van der Waals surface area (Å²) < 4.78 is 18.8. The Morgan fingerprint density at radius 2 is 1.87 bits per heavy atom. The van der Waals surface area contributed by atoms with Crippen LogP contribution in [0.2, 0.25) is 0 Å². The number of hydrogen-bond acceptors (Lipinski definition) is 6. The number of benzene rings is 1. The van der Waals surface area contributed by atoms with E-state index in [1.54, 1.807) is 30.6 Å². The summed E-state index contributed by atoms with van der Waals surface area (Å²) in [4.78, 5) is 26.1. The number of nitrogens with zero attached hydrogens (tertiary/aromatic N) is 3. The standard InChI is InChI=1S/C22H17FN4O2S/c1-13-5-3-9-24-19(13)17-12-30-22(26-17)27-21(28)15-6-4-10-25-20(15)14-7-8-16(23)18(11-14)29-2/h3-12H,1-2H3,(H,26,27,28). The van der Waals surface area contributed by atoms with Gasteiger partial charge in [0.1, 0.15) is 5.69 Å². The Morgan fingerprint density at radius 1 is 1.10 bits per heavy atom. The maximum atomic E-state index is 13.8. The Labute approximate surface area is 176 Å². The van der Waals surface area contributed by atoms with Crippen LogP contribution in [0.25, 0.3) is 22.6 Å². The van der Waals surface area contributed by atoms with Gasteiger partial charge >= 0.3 is 0 Å². The van der Waals surface area contributed by atoms with Crippen LogP contribution in [0.4, 0.5) is 9.52 Å². The van der Waals surface area contributed by atoms with Crippen LogP contribution in [-0.4, -0.2) is 28.0 Å². The highest BCUT2D eigenvalue weighted by Crippen LogP contribution is 2.29. The molecular formula is C22H17FN4O2S. The molecule has 0 atom stereocenters. The molecule has 4 rings (SSSR count). The number of methoxy groups -OCH3 is 1. The van der Waals surface area contributed by atoms with Crippen molar-refractivity contribution < 1.29 is 13.9 Å². The van der Waals surface area contributed by atoms with Gasteiger partial charge < -0.3 is 4.74 Å². The summed E-state index contributed by atoms with van der Waals surface area (Å²) >= 11 is 1.31. The van der Waals surface area contributed by atoms with E-state index in [-0.39, 0.29) is 11.7 Å². The first-order valence-electron chi connectivity index (χ1n) is 9.04. The molecule has 3 heterocycles. The van der Waals surface area contributed by atoms with Crippen molar-refractivity contribution >= 4 is 22.4 Å². The second kappa shape index (κ2) is 8.38. The maximum Gasteiger partial charge on any atom is 0.259 e. The number of ether oxygens (including phenoxy) is 1. The van der Waals surface area contributed by atoms with E-state index in [0.717, 1.165) is 11.3 Å². The van der Waals surface area contributed by atoms with Crippen molar-refractivity contribution in [3.63, 3.8) is 0 Å². The average Bonchev–Trinajstić information content (AvgIpc) is 3.22. The molecule has 0 aliphatic heterocycles. The molecule has 30 heavy (non-hydrogen) atoms. The molecule has 0 saturated heterocycles. The lowest BCUT2D eigenvalue weighted by Crippen LogP contribution is -2.13. The van der Waals surface area contributed by atoms with Crippen LogP contribution in [0.1, 0.15) is 15.9 Å². The molecule has 0 fully saturated rings. The first kappa shape index (κ1) is 19.7. The Balaban J connectivity index is 1.62. The van der Waals surface area contributed by atoms with Crippen molar-refractivity contribution in [2.45, 2.75) is 6.92 Å². The summed E-state index contributed by atoms with van der Waals surface area (Å²) in [5.41, 5.74) is 3.81. The lowest BCUT2D eigenvalue weighted by molar-refractivity contribution is 0.102. The molecule has 8 heteroatoms. The number of carbonyl (C=O) groups excluding carboxylic acids is 1. The Kier molecular flexibility index (Phi) is 5.49. The SMILES string of the molecule is COc1cc(-c2ncccc2C(=O)Nc2nc(-c3ncccc3C)cs2)ccc1F. The molecule has 3 aromatic heterocycles. The van der Waals surface area contributed by atoms with Crippen molar-refractivity contribution in [3.05, 3.63) is 77.2 Å². The van der Waals surface area contributed by atoms with E-state index >= 15 is 0 Å². The fourth-order valence-electron chi connectivity index (χ4n) is 2.98. The van der Waals surface area contributed by atoms with Gasteiger partial charge in [-0.1, -0.05) is 6.07 Å². The molecule has 0 aliphatic carbocycles. The zero-order valence-electron chi connectivity index (χ0n) is 16.2. The third-order valence-corrected chi connectivity index (χ3v) is 5.21. The van der Waals surface area contributed by atoms with Gasteiger partial charge in [0.25, 0.3) is 5.91 Å². The van der Waals surface area contributed by atoms with E-state index in [0.29, 0.717) is 27.6 Å². The lowest BCUT2D eigenvalue weighted by Gasteiger charge is -2.10. The van der Waals surface area contributed by atoms with Crippen LogP contribution >= 0.6 is 11.3 Å². The highest BCUT2D eigenvalue weighted by atomic mass is 32.1. The first-order chi connectivity index (χ1) is 14.6. The number of halogens is 1. The summed E-state index contributed by atoms with van der Waals surface area (Å²) in [6, 6.07) is 11.5. The second-order valence-electron chi connectivity index (χ2n) is 6.41. The molecule has 6 nitrogen and oxygen atoms in total. The van der Waals surface area contributed by atoms with Crippen molar-refractivity contribution in [1.29, 1.82) is 0 Å². The van der Waals surface area contributed by atoms with Gasteiger partial charge in [-0.25, -0.2) is 9.37 Å².